The third-order valence-corrected chi connectivity index (χ3v) is 6.78. The molecule has 3 nitrogen and oxygen atoms in total. The van der Waals surface area contributed by atoms with E-state index in [1.807, 2.05) is 12.1 Å². The first-order valence-electron chi connectivity index (χ1n) is 10.3. The van der Waals surface area contributed by atoms with Crippen LogP contribution in [0.4, 0.5) is 5.69 Å². The summed E-state index contributed by atoms with van der Waals surface area (Å²) >= 11 is 0. The number of anilines is 1. The minimum atomic E-state index is 0.242. The Kier molecular flexibility index (Phi) is 5.14. The van der Waals surface area contributed by atoms with E-state index >= 15 is 0 Å². The normalized spacial score (nSPS) is 25.3. The Balaban J connectivity index is 1.46. The van der Waals surface area contributed by atoms with Crippen molar-refractivity contribution in [1.29, 1.82) is 0 Å². The van der Waals surface area contributed by atoms with Gasteiger partial charge in [-0.05, 0) is 60.6 Å². The third kappa shape index (κ3) is 3.70. The minimum Gasteiger partial charge on any atom is -0.508 e. The monoisotopic (exact) mass is 364 g/mol. The average molecular weight is 365 g/mol. The maximum absolute atomic E-state index is 10.0. The zero-order valence-electron chi connectivity index (χ0n) is 16.7. The Morgan fingerprint density at radius 1 is 1.11 bits per heavy atom. The molecule has 4 rings (SSSR count). The average Bonchev–Trinajstić information content (AvgIpc) is 3.06. The molecule has 0 bridgehead atoms. The van der Waals surface area contributed by atoms with Crippen molar-refractivity contribution >= 4 is 5.69 Å². The molecule has 0 spiro atoms. The Morgan fingerprint density at radius 2 is 1.93 bits per heavy atom. The standard InChI is InChI=1S/C24H32N2O/c1-25(2)22-11-9-19(10-12-22)13-15-26-17-21-6-3-4-14-24(21,18-26)20-7-5-8-23(27)16-20/h5,7-12,16,21,27H,3-4,6,13-15,17-18H2,1-2H3. The van der Waals surface area contributed by atoms with Crippen molar-refractivity contribution in [2.45, 2.75) is 37.5 Å². The van der Waals surface area contributed by atoms with Gasteiger partial charge in [-0.1, -0.05) is 37.1 Å². The molecule has 0 aromatic heterocycles. The molecular formula is C24H32N2O. The van der Waals surface area contributed by atoms with Crippen molar-refractivity contribution in [3.05, 3.63) is 59.7 Å². The number of benzene rings is 2. The molecule has 1 N–H and O–H groups in total. The van der Waals surface area contributed by atoms with Crippen LogP contribution >= 0.6 is 0 Å². The van der Waals surface area contributed by atoms with Gasteiger partial charge in [0.1, 0.15) is 5.75 Å². The third-order valence-electron chi connectivity index (χ3n) is 6.78. The molecule has 27 heavy (non-hydrogen) atoms. The molecule has 2 fully saturated rings. The number of aromatic hydroxyl groups is 1. The lowest BCUT2D eigenvalue weighted by atomic mass is 9.64. The molecule has 1 aliphatic carbocycles. The second-order valence-electron chi connectivity index (χ2n) is 8.70. The highest BCUT2D eigenvalue weighted by molar-refractivity contribution is 5.46. The van der Waals surface area contributed by atoms with Crippen LogP contribution in [0.2, 0.25) is 0 Å². The quantitative estimate of drug-likeness (QED) is 0.849. The van der Waals surface area contributed by atoms with Gasteiger partial charge < -0.3 is 14.9 Å². The summed E-state index contributed by atoms with van der Waals surface area (Å²) < 4.78 is 0. The minimum absolute atomic E-state index is 0.242. The highest BCUT2D eigenvalue weighted by Gasteiger charge is 2.48. The summed E-state index contributed by atoms with van der Waals surface area (Å²) in [5, 5.41) is 10.0. The highest BCUT2D eigenvalue weighted by atomic mass is 16.3. The van der Waals surface area contributed by atoms with Gasteiger partial charge in [0, 0.05) is 44.8 Å². The van der Waals surface area contributed by atoms with Crippen molar-refractivity contribution in [2.75, 3.05) is 38.6 Å². The van der Waals surface area contributed by atoms with Crippen LogP contribution in [-0.2, 0) is 11.8 Å². The number of rotatable bonds is 5. The van der Waals surface area contributed by atoms with Crippen molar-refractivity contribution in [2.24, 2.45) is 5.92 Å². The molecule has 1 saturated heterocycles. The molecule has 2 aromatic carbocycles. The number of likely N-dealkylation sites (tertiary alicyclic amines) is 1. The molecule has 1 saturated carbocycles. The summed E-state index contributed by atoms with van der Waals surface area (Å²) in [5.41, 5.74) is 4.27. The molecule has 2 aliphatic rings. The molecule has 2 atom stereocenters. The number of fused-ring (bicyclic) bond motifs is 1. The van der Waals surface area contributed by atoms with Gasteiger partial charge in [0.25, 0.3) is 0 Å². The van der Waals surface area contributed by atoms with Crippen LogP contribution in [0, 0.1) is 5.92 Å². The van der Waals surface area contributed by atoms with E-state index in [-0.39, 0.29) is 5.41 Å². The number of phenolic OH excluding ortho intramolecular Hbond substituents is 1. The van der Waals surface area contributed by atoms with Crippen molar-refractivity contribution < 1.29 is 5.11 Å². The zero-order chi connectivity index (χ0) is 18.9. The summed E-state index contributed by atoms with van der Waals surface area (Å²) in [5.74, 6) is 1.13. The van der Waals surface area contributed by atoms with E-state index < -0.39 is 0 Å². The Bertz CT molecular complexity index is 770. The van der Waals surface area contributed by atoms with E-state index in [1.54, 1.807) is 6.07 Å². The van der Waals surface area contributed by atoms with Gasteiger partial charge in [-0.25, -0.2) is 0 Å². The lowest BCUT2D eigenvalue weighted by molar-refractivity contribution is 0.240. The van der Waals surface area contributed by atoms with Gasteiger partial charge in [0.05, 0.1) is 0 Å². The first-order valence-corrected chi connectivity index (χ1v) is 10.3. The van der Waals surface area contributed by atoms with Crippen molar-refractivity contribution in [3.63, 3.8) is 0 Å². The zero-order valence-corrected chi connectivity index (χ0v) is 16.7. The maximum Gasteiger partial charge on any atom is 0.115 e. The fourth-order valence-electron chi connectivity index (χ4n) is 5.27. The fraction of sp³-hybridized carbons (Fsp3) is 0.500. The smallest absolute Gasteiger partial charge is 0.115 e. The van der Waals surface area contributed by atoms with E-state index in [0.29, 0.717) is 5.75 Å². The molecule has 0 radical (unpaired) electrons. The topological polar surface area (TPSA) is 26.7 Å². The molecule has 3 heteroatoms. The van der Waals surface area contributed by atoms with Crippen molar-refractivity contribution in [1.82, 2.24) is 4.90 Å². The van der Waals surface area contributed by atoms with E-state index in [1.165, 1.54) is 49.0 Å². The molecule has 1 aliphatic heterocycles. The van der Waals surface area contributed by atoms with Gasteiger partial charge in [-0.3, -0.25) is 0 Å². The summed E-state index contributed by atoms with van der Waals surface area (Å²) in [6, 6.07) is 17.0. The summed E-state index contributed by atoms with van der Waals surface area (Å²) in [4.78, 5) is 4.81. The lowest BCUT2D eigenvalue weighted by Gasteiger charge is -2.39. The highest BCUT2D eigenvalue weighted by Crippen LogP contribution is 2.49. The van der Waals surface area contributed by atoms with Gasteiger partial charge in [-0.15, -0.1) is 0 Å². The van der Waals surface area contributed by atoms with Gasteiger partial charge in [0.15, 0.2) is 0 Å². The number of nitrogens with zero attached hydrogens (tertiary/aromatic N) is 2. The van der Waals surface area contributed by atoms with E-state index in [2.05, 4.69) is 54.2 Å². The van der Waals surface area contributed by atoms with E-state index in [9.17, 15) is 5.11 Å². The Morgan fingerprint density at radius 3 is 2.67 bits per heavy atom. The van der Waals surface area contributed by atoms with Crippen LogP contribution in [0.25, 0.3) is 0 Å². The molecule has 2 aromatic rings. The van der Waals surface area contributed by atoms with Crippen LogP contribution in [-0.4, -0.2) is 43.7 Å². The van der Waals surface area contributed by atoms with Crippen molar-refractivity contribution in [3.8, 4) is 5.75 Å². The second kappa shape index (κ2) is 7.55. The molecule has 1 heterocycles. The Hall–Kier alpha value is -2.00. The number of hydrogen-bond acceptors (Lipinski definition) is 3. The lowest BCUT2D eigenvalue weighted by Crippen LogP contribution is -2.38. The van der Waals surface area contributed by atoms with E-state index in [0.717, 1.165) is 25.4 Å². The van der Waals surface area contributed by atoms with Crippen LogP contribution in [0.1, 0.15) is 36.8 Å². The largest absolute Gasteiger partial charge is 0.508 e. The SMILES string of the molecule is CN(C)c1ccc(CCN2CC3CCCCC3(c3cccc(O)c3)C2)cc1. The summed E-state index contributed by atoms with van der Waals surface area (Å²) in [6.45, 7) is 3.46. The fourth-order valence-corrected chi connectivity index (χ4v) is 5.27. The first kappa shape index (κ1) is 18.4. The van der Waals surface area contributed by atoms with Crippen LogP contribution in [0.5, 0.6) is 5.75 Å². The Labute approximate surface area is 163 Å². The summed E-state index contributed by atoms with van der Waals surface area (Å²) in [6.07, 6.45) is 6.35. The molecular weight excluding hydrogens is 332 g/mol. The van der Waals surface area contributed by atoms with Gasteiger partial charge >= 0.3 is 0 Å². The summed E-state index contributed by atoms with van der Waals surface area (Å²) in [7, 11) is 4.17. The molecule has 0 amide bonds. The van der Waals surface area contributed by atoms with Crippen LogP contribution in [0.3, 0.4) is 0 Å². The molecule has 144 valence electrons. The van der Waals surface area contributed by atoms with Crippen LogP contribution in [0.15, 0.2) is 48.5 Å². The maximum atomic E-state index is 10.0. The van der Waals surface area contributed by atoms with Crippen LogP contribution < -0.4 is 4.90 Å². The van der Waals surface area contributed by atoms with Gasteiger partial charge in [0.2, 0.25) is 0 Å². The predicted molar refractivity (Wildman–Crippen MR) is 113 cm³/mol. The number of hydrogen-bond donors (Lipinski definition) is 1. The number of phenols is 1. The first-order chi connectivity index (χ1) is 13.1. The predicted octanol–water partition coefficient (Wildman–Crippen LogP) is 4.44. The molecule has 2 unspecified atom stereocenters. The van der Waals surface area contributed by atoms with E-state index in [4.69, 9.17) is 0 Å². The second-order valence-corrected chi connectivity index (χ2v) is 8.70. The van der Waals surface area contributed by atoms with Gasteiger partial charge in [-0.2, -0.15) is 0 Å².